The molecule has 1 aromatic rings. The van der Waals surface area contributed by atoms with Gasteiger partial charge in [0.15, 0.2) is 5.82 Å². The van der Waals surface area contributed by atoms with E-state index in [-0.39, 0.29) is 0 Å². The van der Waals surface area contributed by atoms with Crippen molar-refractivity contribution in [2.24, 2.45) is 5.92 Å². The van der Waals surface area contributed by atoms with Crippen LogP contribution in [0.3, 0.4) is 0 Å². The van der Waals surface area contributed by atoms with E-state index in [1.165, 1.54) is 12.8 Å². The fourth-order valence-electron chi connectivity index (χ4n) is 2.91. The zero-order valence-corrected chi connectivity index (χ0v) is 13.2. The highest BCUT2D eigenvalue weighted by Gasteiger charge is 2.29. The molecule has 5 nitrogen and oxygen atoms in total. The molecule has 0 saturated carbocycles. The summed E-state index contributed by atoms with van der Waals surface area (Å²) in [6.45, 7) is 12.0. The number of aryl methyl sites for hydroxylation is 1. The second-order valence-electron chi connectivity index (χ2n) is 5.94. The zero-order chi connectivity index (χ0) is 14.5. The van der Waals surface area contributed by atoms with Gasteiger partial charge in [-0.15, -0.1) is 0 Å². The van der Waals surface area contributed by atoms with Crippen LogP contribution in [0.2, 0.25) is 0 Å². The van der Waals surface area contributed by atoms with E-state index in [9.17, 15) is 0 Å². The number of piperazine rings is 1. The van der Waals surface area contributed by atoms with Gasteiger partial charge in [0.25, 0.3) is 0 Å². The lowest BCUT2D eigenvalue weighted by Gasteiger charge is -2.42. The molecule has 114 valence electrons. The Hall–Kier alpha value is -0.940. The number of nitrogens with zero attached hydrogens (tertiary/aromatic N) is 3. The van der Waals surface area contributed by atoms with E-state index in [1.54, 1.807) is 0 Å². The molecule has 0 amide bonds. The maximum atomic E-state index is 5.22. The largest absolute Gasteiger partial charge is 0.339 e. The average Bonchev–Trinajstić information content (AvgIpc) is 2.89. The van der Waals surface area contributed by atoms with E-state index in [0.29, 0.717) is 12.1 Å². The third kappa shape index (κ3) is 3.79. The fraction of sp³-hybridized carbons (Fsp3) is 0.867. The predicted molar refractivity (Wildman–Crippen MR) is 79.6 cm³/mol. The van der Waals surface area contributed by atoms with E-state index >= 15 is 0 Å². The van der Waals surface area contributed by atoms with Crippen LogP contribution in [0.1, 0.15) is 45.3 Å². The molecule has 0 radical (unpaired) electrons. The predicted octanol–water partition coefficient (Wildman–Crippen LogP) is 2.02. The van der Waals surface area contributed by atoms with Crippen molar-refractivity contribution in [3.8, 4) is 0 Å². The molecular weight excluding hydrogens is 252 g/mol. The van der Waals surface area contributed by atoms with Crippen LogP contribution in [0, 0.1) is 12.8 Å². The first-order valence-electron chi connectivity index (χ1n) is 7.90. The molecule has 1 saturated heterocycles. The van der Waals surface area contributed by atoms with Crippen LogP contribution in [0.15, 0.2) is 4.52 Å². The lowest BCUT2D eigenvalue weighted by Crippen LogP contribution is -2.58. The molecule has 5 heteroatoms. The molecule has 0 aliphatic carbocycles. The lowest BCUT2D eigenvalue weighted by molar-refractivity contribution is 0.105. The Morgan fingerprint density at radius 2 is 2.25 bits per heavy atom. The minimum Gasteiger partial charge on any atom is -0.339 e. The van der Waals surface area contributed by atoms with Crippen molar-refractivity contribution in [2.75, 3.05) is 19.6 Å². The molecule has 20 heavy (non-hydrogen) atoms. The van der Waals surface area contributed by atoms with E-state index in [1.807, 2.05) is 6.92 Å². The summed E-state index contributed by atoms with van der Waals surface area (Å²) >= 11 is 0. The van der Waals surface area contributed by atoms with Crippen molar-refractivity contribution in [2.45, 2.75) is 59.0 Å². The first-order valence-corrected chi connectivity index (χ1v) is 7.90. The van der Waals surface area contributed by atoms with Crippen molar-refractivity contribution in [1.29, 1.82) is 0 Å². The maximum Gasteiger partial charge on any atom is 0.227 e. The molecule has 3 atom stereocenters. The van der Waals surface area contributed by atoms with Gasteiger partial charge in [0, 0.05) is 38.1 Å². The topological polar surface area (TPSA) is 54.2 Å². The summed E-state index contributed by atoms with van der Waals surface area (Å²) in [6, 6.07) is 1.23. The fourth-order valence-corrected chi connectivity index (χ4v) is 2.91. The number of rotatable bonds is 6. The Morgan fingerprint density at radius 3 is 2.85 bits per heavy atom. The van der Waals surface area contributed by atoms with Gasteiger partial charge in [-0.1, -0.05) is 32.3 Å². The van der Waals surface area contributed by atoms with Crippen molar-refractivity contribution >= 4 is 0 Å². The SMILES string of the molecule is CCC(C)C1CN(CCc2nc(C)no2)C(CC)CN1. The van der Waals surface area contributed by atoms with Crippen LogP contribution in [0.5, 0.6) is 0 Å². The van der Waals surface area contributed by atoms with Crippen molar-refractivity contribution in [1.82, 2.24) is 20.4 Å². The summed E-state index contributed by atoms with van der Waals surface area (Å²) in [5, 5.41) is 7.57. The smallest absolute Gasteiger partial charge is 0.227 e. The highest BCUT2D eigenvalue weighted by atomic mass is 16.5. The van der Waals surface area contributed by atoms with Crippen LogP contribution >= 0.6 is 0 Å². The van der Waals surface area contributed by atoms with Gasteiger partial charge >= 0.3 is 0 Å². The van der Waals surface area contributed by atoms with Gasteiger partial charge in [-0.05, 0) is 19.3 Å². The summed E-state index contributed by atoms with van der Waals surface area (Å²) < 4.78 is 5.22. The summed E-state index contributed by atoms with van der Waals surface area (Å²) in [7, 11) is 0. The summed E-state index contributed by atoms with van der Waals surface area (Å²) in [4.78, 5) is 6.89. The summed E-state index contributed by atoms with van der Waals surface area (Å²) in [6.07, 6.45) is 3.26. The van der Waals surface area contributed by atoms with Gasteiger partial charge in [0.2, 0.25) is 5.89 Å². The van der Waals surface area contributed by atoms with Gasteiger partial charge in [0.05, 0.1) is 0 Å². The monoisotopic (exact) mass is 280 g/mol. The molecule has 1 fully saturated rings. The first kappa shape index (κ1) is 15.4. The van der Waals surface area contributed by atoms with Crippen molar-refractivity contribution < 1.29 is 4.52 Å². The van der Waals surface area contributed by atoms with Crippen LogP contribution < -0.4 is 5.32 Å². The molecule has 2 rings (SSSR count). The van der Waals surface area contributed by atoms with E-state index in [2.05, 4.69) is 41.1 Å². The van der Waals surface area contributed by atoms with Gasteiger partial charge in [-0.2, -0.15) is 4.98 Å². The maximum absolute atomic E-state index is 5.22. The highest BCUT2D eigenvalue weighted by Crippen LogP contribution is 2.17. The standard InChI is InChI=1S/C15H28N4O/c1-5-11(3)14-10-19(13(6-2)9-16-14)8-7-15-17-12(4)18-20-15/h11,13-14,16H,5-10H2,1-4H3. The Bertz CT molecular complexity index is 406. The van der Waals surface area contributed by atoms with Gasteiger partial charge in [-0.3, -0.25) is 4.90 Å². The molecule has 1 aromatic heterocycles. The molecule has 3 unspecified atom stereocenters. The molecular formula is C15H28N4O. The number of aromatic nitrogens is 2. The molecule has 0 spiro atoms. The lowest BCUT2D eigenvalue weighted by atomic mass is 9.95. The van der Waals surface area contributed by atoms with Crippen LogP contribution in [0.4, 0.5) is 0 Å². The Balaban J connectivity index is 1.91. The average molecular weight is 280 g/mol. The zero-order valence-electron chi connectivity index (χ0n) is 13.2. The van der Waals surface area contributed by atoms with Crippen molar-refractivity contribution in [3.63, 3.8) is 0 Å². The van der Waals surface area contributed by atoms with Crippen LogP contribution in [-0.4, -0.2) is 46.8 Å². The third-order valence-electron chi connectivity index (χ3n) is 4.55. The van der Waals surface area contributed by atoms with Crippen molar-refractivity contribution in [3.05, 3.63) is 11.7 Å². The Kier molecular flexibility index (Phi) is 5.54. The van der Waals surface area contributed by atoms with Gasteiger partial charge in [0.1, 0.15) is 0 Å². The molecule has 1 aliphatic rings. The van der Waals surface area contributed by atoms with Crippen LogP contribution in [0.25, 0.3) is 0 Å². The van der Waals surface area contributed by atoms with E-state index < -0.39 is 0 Å². The highest BCUT2D eigenvalue weighted by molar-refractivity contribution is 4.90. The molecule has 1 N–H and O–H groups in total. The number of hydrogen-bond donors (Lipinski definition) is 1. The number of nitrogens with one attached hydrogen (secondary N) is 1. The first-order chi connectivity index (χ1) is 9.63. The van der Waals surface area contributed by atoms with E-state index in [4.69, 9.17) is 4.52 Å². The van der Waals surface area contributed by atoms with E-state index in [0.717, 1.165) is 43.7 Å². The molecule has 1 aliphatic heterocycles. The Labute approximate surface area is 122 Å². The second-order valence-corrected chi connectivity index (χ2v) is 5.94. The normalized spacial score (nSPS) is 25.8. The molecule has 0 aromatic carbocycles. The summed E-state index contributed by atoms with van der Waals surface area (Å²) in [5.74, 6) is 2.21. The summed E-state index contributed by atoms with van der Waals surface area (Å²) in [5.41, 5.74) is 0. The Morgan fingerprint density at radius 1 is 1.45 bits per heavy atom. The number of hydrogen-bond acceptors (Lipinski definition) is 5. The van der Waals surface area contributed by atoms with Gasteiger partial charge < -0.3 is 9.84 Å². The minimum atomic E-state index is 0.604. The third-order valence-corrected chi connectivity index (χ3v) is 4.55. The van der Waals surface area contributed by atoms with Crippen LogP contribution in [-0.2, 0) is 6.42 Å². The minimum absolute atomic E-state index is 0.604. The second kappa shape index (κ2) is 7.18. The molecule has 0 bridgehead atoms. The molecule has 2 heterocycles. The van der Waals surface area contributed by atoms with Gasteiger partial charge in [-0.25, -0.2) is 0 Å². The quantitative estimate of drug-likeness (QED) is 0.864.